The van der Waals surface area contributed by atoms with Crippen LogP contribution in [0.1, 0.15) is 80.4 Å². The third-order valence-corrected chi connectivity index (χ3v) is 10.8. The average Bonchev–Trinajstić information content (AvgIpc) is 3.45. The van der Waals surface area contributed by atoms with E-state index in [4.69, 9.17) is 9.47 Å². The number of amides is 1. The van der Waals surface area contributed by atoms with E-state index in [0.29, 0.717) is 29.0 Å². The highest BCUT2D eigenvalue weighted by Crippen LogP contribution is 2.45. The molecule has 1 aliphatic carbocycles. The molecule has 0 saturated carbocycles. The molecule has 48 heavy (non-hydrogen) atoms. The monoisotopic (exact) mass is 650 g/mol. The number of hydrogen-bond acceptors (Lipinski definition) is 7. The van der Waals surface area contributed by atoms with Crippen LogP contribution < -0.4 is 15.5 Å². The van der Waals surface area contributed by atoms with Crippen molar-refractivity contribution in [2.75, 3.05) is 51.4 Å². The zero-order valence-electron chi connectivity index (χ0n) is 29.4. The molecule has 2 saturated heterocycles. The Labute approximate surface area is 285 Å². The molecule has 3 aliphatic heterocycles. The Morgan fingerprint density at radius 2 is 1.90 bits per heavy atom. The predicted octanol–water partition coefficient (Wildman–Crippen LogP) is 6.29. The van der Waals surface area contributed by atoms with E-state index < -0.39 is 0 Å². The van der Waals surface area contributed by atoms with Crippen molar-refractivity contribution in [3.63, 3.8) is 0 Å². The minimum atomic E-state index is -0.199. The summed E-state index contributed by atoms with van der Waals surface area (Å²) in [5, 5.41) is 6.13. The minimum Gasteiger partial charge on any atom is -0.496 e. The Bertz CT molecular complexity index is 1700. The minimum absolute atomic E-state index is 0.108. The quantitative estimate of drug-likeness (QED) is 0.309. The van der Waals surface area contributed by atoms with Crippen molar-refractivity contribution < 1.29 is 19.1 Å². The van der Waals surface area contributed by atoms with Crippen LogP contribution in [0.3, 0.4) is 0 Å². The summed E-state index contributed by atoms with van der Waals surface area (Å²) in [7, 11) is 1.56. The van der Waals surface area contributed by atoms with Gasteiger partial charge in [0, 0.05) is 66.3 Å². The van der Waals surface area contributed by atoms with Gasteiger partial charge in [0.1, 0.15) is 11.5 Å². The summed E-state index contributed by atoms with van der Waals surface area (Å²) in [6, 6.07) is 12.1. The van der Waals surface area contributed by atoms with E-state index in [2.05, 4.69) is 77.6 Å². The fraction of sp³-hybridized carbons (Fsp3) is 0.475. The van der Waals surface area contributed by atoms with Crippen LogP contribution in [0.25, 0.3) is 17.2 Å². The lowest BCUT2D eigenvalue weighted by atomic mass is 9.74. The number of methoxy groups -OCH3 is 1. The van der Waals surface area contributed by atoms with Crippen molar-refractivity contribution in [3.8, 4) is 11.1 Å². The number of benzene rings is 2. The van der Waals surface area contributed by atoms with E-state index in [1.54, 1.807) is 7.11 Å². The highest BCUT2D eigenvalue weighted by Gasteiger charge is 2.38. The topological polar surface area (TPSA) is 83.1 Å². The number of anilines is 1. The SMILES string of the molecule is CCN(c1cc(-c2ccc3c(c2)C=CC32CCN(C(C)C)CC2)cc(C(=O)NCC2=C(OC)C=C(C)NC2=C=O)c1C)C1CCOCC1. The Morgan fingerprint density at radius 1 is 1.15 bits per heavy atom. The van der Waals surface area contributed by atoms with Crippen LogP contribution in [0.5, 0.6) is 0 Å². The summed E-state index contributed by atoms with van der Waals surface area (Å²) in [6.45, 7) is 15.3. The summed E-state index contributed by atoms with van der Waals surface area (Å²) in [6.07, 6.45) is 10.7. The number of piperidine rings is 1. The molecule has 0 radical (unpaired) electrons. The summed E-state index contributed by atoms with van der Waals surface area (Å²) >= 11 is 0. The first-order valence-electron chi connectivity index (χ1n) is 17.5. The highest BCUT2D eigenvalue weighted by atomic mass is 16.5. The van der Waals surface area contributed by atoms with Crippen LogP contribution in [-0.2, 0) is 19.7 Å². The van der Waals surface area contributed by atoms with Crippen LogP contribution in [0, 0.1) is 6.92 Å². The van der Waals surface area contributed by atoms with E-state index in [9.17, 15) is 9.59 Å². The first-order valence-corrected chi connectivity index (χ1v) is 17.5. The second kappa shape index (κ2) is 14.2. The van der Waals surface area contributed by atoms with E-state index >= 15 is 0 Å². The number of carbonyl (C=O) groups excluding carboxylic acids is 2. The van der Waals surface area contributed by atoms with Crippen LogP contribution in [0.4, 0.5) is 5.69 Å². The third-order valence-electron chi connectivity index (χ3n) is 10.8. The molecule has 1 amide bonds. The first kappa shape index (κ1) is 33.8. The van der Waals surface area contributed by atoms with E-state index in [1.807, 2.05) is 31.9 Å². The molecule has 254 valence electrons. The summed E-state index contributed by atoms with van der Waals surface area (Å²) in [5.74, 6) is 2.31. The molecule has 6 rings (SSSR count). The number of allylic oxidation sites excluding steroid dienone is 3. The number of nitrogens with zero attached hydrogens (tertiary/aromatic N) is 2. The van der Waals surface area contributed by atoms with Crippen molar-refractivity contribution >= 4 is 23.6 Å². The van der Waals surface area contributed by atoms with Crippen molar-refractivity contribution in [2.24, 2.45) is 0 Å². The lowest BCUT2D eigenvalue weighted by Gasteiger charge is -2.41. The van der Waals surface area contributed by atoms with Crippen molar-refractivity contribution in [3.05, 3.63) is 87.5 Å². The van der Waals surface area contributed by atoms with Gasteiger partial charge in [-0.15, -0.1) is 0 Å². The molecular formula is C40H50N4O4. The fourth-order valence-corrected chi connectivity index (χ4v) is 7.99. The smallest absolute Gasteiger partial charge is 0.251 e. The summed E-state index contributed by atoms with van der Waals surface area (Å²) in [4.78, 5) is 30.9. The van der Waals surface area contributed by atoms with Crippen LogP contribution in [-0.4, -0.2) is 75.3 Å². The van der Waals surface area contributed by atoms with Crippen molar-refractivity contribution in [1.29, 1.82) is 0 Å². The predicted molar refractivity (Wildman–Crippen MR) is 193 cm³/mol. The Balaban J connectivity index is 1.36. The molecule has 1 spiro atoms. The molecule has 2 fully saturated rings. The molecule has 8 nitrogen and oxygen atoms in total. The molecule has 0 aromatic heterocycles. The van der Waals surface area contributed by atoms with Gasteiger partial charge in [-0.1, -0.05) is 24.3 Å². The number of fused-ring (bicyclic) bond motifs is 2. The number of dihydropyridines is 1. The number of ether oxygens (including phenoxy) is 2. The van der Waals surface area contributed by atoms with E-state index in [1.165, 1.54) is 11.1 Å². The number of nitrogens with one attached hydrogen (secondary N) is 2. The molecule has 2 aromatic carbocycles. The van der Waals surface area contributed by atoms with E-state index in [0.717, 1.165) is 86.6 Å². The zero-order valence-corrected chi connectivity index (χ0v) is 29.4. The second-order valence-corrected chi connectivity index (χ2v) is 13.9. The molecule has 8 heteroatoms. The molecule has 2 aromatic rings. The van der Waals surface area contributed by atoms with Crippen molar-refractivity contribution in [1.82, 2.24) is 15.5 Å². The molecule has 4 aliphatic rings. The van der Waals surface area contributed by atoms with Gasteiger partial charge in [-0.05, 0) is 125 Å². The maximum atomic E-state index is 14.1. The standard InChI is InChI=1S/C40H50N4O4/c1-7-44(32-11-18-48-19-12-32)37-23-31(29-8-9-35-30(21-29)10-13-40(35)14-16-43(17-15-40)26(2)3)22-33(28(37)5)39(46)41-24-34-36(25-45)42-27(4)20-38(34)47-6/h8-10,13,20-23,26,32,42H,7,11-12,14-19,24H2,1-6H3,(H,41,46). The van der Waals surface area contributed by atoms with E-state index in [-0.39, 0.29) is 23.6 Å². The molecule has 3 heterocycles. The molecule has 0 unspecified atom stereocenters. The lowest BCUT2D eigenvalue weighted by Crippen LogP contribution is -2.44. The Hall–Kier alpha value is -4.10. The van der Waals surface area contributed by atoms with Gasteiger partial charge in [0.25, 0.3) is 5.91 Å². The second-order valence-electron chi connectivity index (χ2n) is 13.9. The maximum absolute atomic E-state index is 14.1. The molecule has 2 N–H and O–H groups in total. The van der Waals surface area contributed by atoms with Gasteiger partial charge >= 0.3 is 0 Å². The summed E-state index contributed by atoms with van der Waals surface area (Å²) in [5.41, 5.74) is 9.16. The number of hydrogen-bond donors (Lipinski definition) is 2. The van der Waals surface area contributed by atoms with Gasteiger partial charge in [0.15, 0.2) is 5.94 Å². The normalized spacial score (nSPS) is 19.2. The molecular weight excluding hydrogens is 600 g/mol. The summed E-state index contributed by atoms with van der Waals surface area (Å²) < 4.78 is 11.3. The first-order chi connectivity index (χ1) is 23.2. The van der Waals surface area contributed by atoms with Crippen LogP contribution in [0.2, 0.25) is 0 Å². The van der Waals surface area contributed by atoms with Gasteiger partial charge in [0.2, 0.25) is 0 Å². The zero-order chi connectivity index (χ0) is 34.0. The number of likely N-dealkylation sites (tertiary alicyclic amines) is 1. The Morgan fingerprint density at radius 3 is 2.56 bits per heavy atom. The molecule has 0 bridgehead atoms. The third kappa shape index (κ3) is 6.49. The largest absolute Gasteiger partial charge is 0.496 e. The van der Waals surface area contributed by atoms with Gasteiger partial charge in [-0.25, -0.2) is 4.79 Å². The van der Waals surface area contributed by atoms with Crippen LogP contribution >= 0.6 is 0 Å². The van der Waals surface area contributed by atoms with Crippen molar-refractivity contribution in [2.45, 2.75) is 77.8 Å². The molecule has 0 atom stereocenters. The number of carbonyl (C=O) groups is 1. The maximum Gasteiger partial charge on any atom is 0.251 e. The van der Waals surface area contributed by atoms with Crippen LogP contribution in [0.15, 0.2) is 65.2 Å². The average molecular weight is 651 g/mol. The van der Waals surface area contributed by atoms with Gasteiger partial charge < -0.3 is 29.9 Å². The number of rotatable bonds is 9. The Kier molecular flexibility index (Phi) is 9.98. The van der Waals surface area contributed by atoms with Gasteiger partial charge in [-0.3, -0.25) is 4.79 Å². The lowest BCUT2D eigenvalue weighted by molar-refractivity contribution is 0.0846. The highest BCUT2D eigenvalue weighted by molar-refractivity contribution is 5.99. The van der Waals surface area contributed by atoms with Gasteiger partial charge in [0.05, 0.1) is 7.11 Å². The fourth-order valence-electron chi connectivity index (χ4n) is 7.99. The van der Waals surface area contributed by atoms with Gasteiger partial charge in [-0.2, -0.15) is 0 Å².